The lowest BCUT2D eigenvalue weighted by Crippen LogP contribution is -2.29. The SMILES string of the molecule is C=C(C)C(=O)OC(C)C(CC(=O)Cl)C(=O)Cl. The molecular formula is C10H12Cl2O4. The van der Waals surface area contributed by atoms with Gasteiger partial charge in [0.05, 0.1) is 5.92 Å². The Morgan fingerprint density at radius 2 is 1.81 bits per heavy atom. The van der Waals surface area contributed by atoms with Crippen LogP contribution in [0, 0.1) is 5.92 Å². The monoisotopic (exact) mass is 266 g/mol. The van der Waals surface area contributed by atoms with Crippen molar-refractivity contribution in [3.05, 3.63) is 12.2 Å². The topological polar surface area (TPSA) is 60.4 Å². The van der Waals surface area contributed by atoms with Crippen LogP contribution >= 0.6 is 23.2 Å². The van der Waals surface area contributed by atoms with Crippen molar-refractivity contribution in [3.8, 4) is 0 Å². The third-order valence-corrected chi connectivity index (χ3v) is 2.31. The molecule has 0 aliphatic rings. The van der Waals surface area contributed by atoms with E-state index < -0.39 is 28.5 Å². The van der Waals surface area contributed by atoms with E-state index in [9.17, 15) is 14.4 Å². The second-order valence-electron chi connectivity index (χ2n) is 3.36. The van der Waals surface area contributed by atoms with Gasteiger partial charge in [-0.1, -0.05) is 6.58 Å². The third kappa shape index (κ3) is 5.28. The molecule has 0 spiro atoms. The molecule has 0 aliphatic carbocycles. The van der Waals surface area contributed by atoms with Crippen LogP contribution in [-0.4, -0.2) is 22.6 Å². The first-order chi connectivity index (χ1) is 7.25. The number of hydrogen-bond acceptors (Lipinski definition) is 4. The van der Waals surface area contributed by atoms with Gasteiger partial charge in [-0.3, -0.25) is 9.59 Å². The van der Waals surface area contributed by atoms with E-state index in [1.54, 1.807) is 0 Å². The van der Waals surface area contributed by atoms with Gasteiger partial charge >= 0.3 is 5.97 Å². The van der Waals surface area contributed by atoms with Crippen molar-refractivity contribution in [2.24, 2.45) is 5.92 Å². The van der Waals surface area contributed by atoms with Crippen LogP contribution in [0.3, 0.4) is 0 Å². The average molecular weight is 267 g/mol. The highest BCUT2D eigenvalue weighted by atomic mass is 35.5. The van der Waals surface area contributed by atoms with Gasteiger partial charge in [-0.05, 0) is 37.0 Å². The molecule has 2 atom stereocenters. The Bertz CT molecular complexity index is 325. The number of rotatable bonds is 6. The number of ether oxygens (including phenoxy) is 1. The average Bonchev–Trinajstić information content (AvgIpc) is 2.12. The van der Waals surface area contributed by atoms with Crippen LogP contribution in [0.15, 0.2) is 12.2 Å². The molecule has 90 valence electrons. The number of halogens is 2. The third-order valence-electron chi connectivity index (χ3n) is 1.88. The fourth-order valence-corrected chi connectivity index (χ4v) is 1.38. The summed E-state index contributed by atoms with van der Waals surface area (Å²) in [6.45, 7) is 6.32. The normalized spacial score (nSPS) is 13.8. The Kier molecular flexibility index (Phi) is 6.29. The Balaban J connectivity index is 4.56. The lowest BCUT2D eigenvalue weighted by atomic mass is 10.0. The molecular weight excluding hydrogens is 255 g/mol. The largest absolute Gasteiger partial charge is 0.459 e. The van der Waals surface area contributed by atoms with Gasteiger partial charge in [-0.15, -0.1) is 0 Å². The second kappa shape index (κ2) is 6.66. The molecule has 6 heteroatoms. The molecule has 0 fully saturated rings. The minimum atomic E-state index is -0.935. The van der Waals surface area contributed by atoms with Gasteiger partial charge in [0.2, 0.25) is 10.5 Å². The van der Waals surface area contributed by atoms with E-state index in [-0.39, 0.29) is 12.0 Å². The molecule has 4 nitrogen and oxygen atoms in total. The number of hydrogen-bond donors (Lipinski definition) is 0. The summed E-state index contributed by atoms with van der Waals surface area (Å²) in [6, 6.07) is 0. The summed E-state index contributed by atoms with van der Waals surface area (Å²) in [7, 11) is 0. The van der Waals surface area contributed by atoms with Crippen LogP contribution in [0.5, 0.6) is 0 Å². The zero-order valence-corrected chi connectivity index (χ0v) is 10.5. The van der Waals surface area contributed by atoms with Crippen molar-refractivity contribution in [1.82, 2.24) is 0 Å². The Hall–Kier alpha value is -0.870. The maximum absolute atomic E-state index is 11.2. The molecule has 0 aliphatic heterocycles. The zero-order chi connectivity index (χ0) is 12.9. The molecule has 0 saturated heterocycles. The summed E-state index contributed by atoms with van der Waals surface area (Å²) in [5.41, 5.74) is 0.199. The predicted octanol–water partition coefficient (Wildman–Crippen LogP) is 2.03. The van der Waals surface area contributed by atoms with Gasteiger partial charge in [0.15, 0.2) is 0 Å². The number of carbonyl (C=O) groups is 3. The molecule has 0 aromatic rings. The van der Waals surface area contributed by atoms with Crippen LogP contribution in [0.4, 0.5) is 0 Å². The molecule has 0 rings (SSSR count). The van der Waals surface area contributed by atoms with E-state index in [0.717, 1.165) is 0 Å². The summed E-state index contributed by atoms with van der Waals surface area (Å²) in [6.07, 6.45) is -1.09. The van der Waals surface area contributed by atoms with Crippen LogP contribution in [0.25, 0.3) is 0 Å². The smallest absolute Gasteiger partial charge is 0.333 e. The molecule has 0 amide bonds. The molecule has 0 aromatic carbocycles. The minimum Gasteiger partial charge on any atom is -0.459 e. The molecule has 0 aromatic heterocycles. The Labute approximate surface area is 104 Å². The van der Waals surface area contributed by atoms with E-state index in [0.29, 0.717) is 0 Å². The van der Waals surface area contributed by atoms with Crippen molar-refractivity contribution in [1.29, 1.82) is 0 Å². The molecule has 2 unspecified atom stereocenters. The van der Waals surface area contributed by atoms with Crippen molar-refractivity contribution >= 4 is 39.7 Å². The Morgan fingerprint density at radius 3 is 2.12 bits per heavy atom. The highest BCUT2D eigenvalue weighted by Gasteiger charge is 2.28. The van der Waals surface area contributed by atoms with E-state index >= 15 is 0 Å². The summed E-state index contributed by atoms with van der Waals surface area (Å²) in [5.74, 6) is -1.58. The van der Waals surface area contributed by atoms with Gasteiger partial charge in [0.25, 0.3) is 0 Å². The van der Waals surface area contributed by atoms with Gasteiger partial charge in [-0.2, -0.15) is 0 Å². The predicted molar refractivity (Wildman–Crippen MR) is 60.2 cm³/mol. The highest BCUT2D eigenvalue weighted by Crippen LogP contribution is 2.18. The van der Waals surface area contributed by atoms with Gasteiger partial charge in [-0.25, -0.2) is 4.79 Å². The van der Waals surface area contributed by atoms with Crippen molar-refractivity contribution < 1.29 is 19.1 Å². The Morgan fingerprint density at radius 1 is 1.31 bits per heavy atom. The molecule has 16 heavy (non-hydrogen) atoms. The lowest BCUT2D eigenvalue weighted by molar-refractivity contribution is -0.147. The van der Waals surface area contributed by atoms with Crippen molar-refractivity contribution in [2.75, 3.05) is 0 Å². The highest BCUT2D eigenvalue weighted by molar-refractivity contribution is 6.66. The first kappa shape index (κ1) is 15.1. The van der Waals surface area contributed by atoms with Gasteiger partial charge in [0, 0.05) is 12.0 Å². The van der Waals surface area contributed by atoms with E-state index in [2.05, 4.69) is 6.58 Å². The van der Waals surface area contributed by atoms with Crippen LogP contribution in [0.1, 0.15) is 20.3 Å². The second-order valence-corrected chi connectivity index (χ2v) is 4.15. The quantitative estimate of drug-likeness (QED) is 0.419. The van der Waals surface area contributed by atoms with Crippen LogP contribution in [0.2, 0.25) is 0 Å². The summed E-state index contributed by atoms with van der Waals surface area (Å²) in [5, 5.41) is -1.48. The fourth-order valence-electron chi connectivity index (χ4n) is 0.955. The number of carbonyl (C=O) groups excluding carboxylic acids is 3. The van der Waals surface area contributed by atoms with E-state index in [1.807, 2.05) is 0 Å². The lowest BCUT2D eigenvalue weighted by Gasteiger charge is -2.19. The summed E-state index contributed by atoms with van der Waals surface area (Å²) < 4.78 is 4.88. The standard InChI is InChI=1S/C10H12Cl2O4/c1-5(2)10(15)16-6(3)7(9(12)14)4-8(11)13/h6-7H,1,4H2,2-3H3. The van der Waals surface area contributed by atoms with E-state index in [4.69, 9.17) is 27.9 Å². The molecule has 0 bridgehead atoms. The maximum Gasteiger partial charge on any atom is 0.333 e. The molecule has 0 N–H and O–H groups in total. The van der Waals surface area contributed by atoms with Crippen molar-refractivity contribution in [3.63, 3.8) is 0 Å². The summed E-state index contributed by atoms with van der Waals surface area (Å²) in [4.78, 5) is 32.9. The fraction of sp³-hybridized carbons (Fsp3) is 0.500. The molecule has 0 heterocycles. The zero-order valence-electron chi connectivity index (χ0n) is 8.96. The van der Waals surface area contributed by atoms with Crippen LogP contribution in [-0.2, 0) is 19.1 Å². The first-order valence-corrected chi connectivity index (χ1v) is 5.25. The number of esters is 1. The van der Waals surface area contributed by atoms with E-state index in [1.165, 1.54) is 13.8 Å². The van der Waals surface area contributed by atoms with Crippen molar-refractivity contribution in [2.45, 2.75) is 26.4 Å². The first-order valence-electron chi connectivity index (χ1n) is 4.49. The van der Waals surface area contributed by atoms with Gasteiger partial charge < -0.3 is 4.74 Å². The van der Waals surface area contributed by atoms with Crippen LogP contribution < -0.4 is 0 Å². The minimum absolute atomic E-state index is 0.199. The molecule has 0 saturated carbocycles. The van der Waals surface area contributed by atoms with Gasteiger partial charge in [0.1, 0.15) is 6.10 Å². The molecule has 0 radical (unpaired) electrons. The summed E-state index contributed by atoms with van der Waals surface area (Å²) >= 11 is 10.4. The maximum atomic E-state index is 11.2.